The molecule has 1 aromatic carbocycles. The van der Waals surface area contributed by atoms with Gasteiger partial charge in [-0.3, -0.25) is 4.79 Å². The van der Waals surface area contributed by atoms with E-state index in [9.17, 15) is 13.6 Å². The number of carbonyl (C=O) groups is 1. The van der Waals surface area contributed by atoms with Crippen molar-refractivity contribution in [1.82, 2.24) is 0 Å². The van der Waals surface area contributed by atoms with E-state index in [1.165, 1.54) is 25.3 Å². The summed E-state index contributed by atoms with van der Waals surface area (Å²) >= 11 is 0. The van der Waals surface area contributed by atoms with E-state index < -0.39 is 17.7 Å². The van der Waals surface area contributed by atoms with E-state index >= 15 is 0 Å². The molecular weight excluding hydrogens is 262 g/mol. The van der Waals surface area contributed by atoms with Crippen LogP contribution >= 0.6 is 0 Å². The van der Waals surface area contributed by atoms with Crippen LogP contribution in [0.5, 0.6) is 0 Å². The first-order valence-corrected chi connectivity index (χ1v) is 7.19. The Labute approximate surface area is 118 Å². The van der Waals surface area contributed by atoms with Gasteiger partial charge in [0.05, 0.1) is 6.61 Å². The van der Waals surface area contributed by atoms with Gasteiger partial charge in [0.25, 0.3) is 0 Å². The van der Waals surface area contributed by atoms with Crippen molar-refractivity contribution < 1.29 is 18.3 Å². The largest absolute Gasteiger partial charge is 0.370 e. The van der Waals surface area contributed by atoms with Crippen molar-refractivity contribution in [2.75, 3.05) is 6.61 Å². The minimum Gasteiger partial charge on any atom is -0.370 e. The quantitative estimate of drug-likeness (QED) is 0.759. The minimum atomic E-state index is -1.00. The number of benzene rings is 1. The summed E-state index contributed by atoms with van der Waals surface area (Å²) in [6.07, 6.45) is 5.39. The summed E-state index contributed by atoms with van der Waals surface area (Å²) in [5.41, 5.74) is 0.153. The van der Waals surface area contributed by atoms with E-state index in [0.29, 0.717) is 12.5 Å². The molecule has 4 heteroatoms. The van der Waals surface area contributed by atoms with Gasteiger partial charge in [0.1, 0.15) is 6.10 Å². The smallest absolute Gasteiger partial charge is 0.191 e. The second kappa shape index (κ2) is 6.93. The van der Waals surface area contributed by atoms with E-state index in [0.717, 1.165) is 25.0 Å². The van der Waals surface area contributed by atoms with Crippen LogP contribution in [0, 0.1) is 17.6 Å². The fourth-order valence-corrected chi connectivity index (χ4v) is 2.59. The van der Waals surface area contributed by atoms with E-state index in [4.69, 9.17) is 4.74 Å². The molecule has 0 bridgehead atoms. The molecule has 20 heavy (non-hydrogen) atoms. The lowest BCUT2D eigenvalue weighted by atomic mass is 9.90. The fraction of sp³-hybridized carbons (Fsp3) is 0.562. The average molecular weight is 282 g/mol. The van der Waals surface area contributed by atoms with E-state index in [1.807, 2.05) is 0 Å². The molecule has 1 unspecified atom stereocenters. The molecule has 0 aromatic heterocycles. The molecule has 1 fully saturated rings. The third-order valence-electron chi connectivity index (χ3n) is 3.88. The monoisotopic (exact) mass is 282 g/mol. The molecule has 0 aliphatic heterocycles. The fourth-order valence-electron chi connectivity index (χ4n) is 2.59. The Bertz CT molecular complexity index is 468. The van der Waals surface area contributed by atoms with E-state index in [1.54, 1.807) is 6.92 Å². The number of hydrogen-bond donors (Lipinski definition) is 0. The average Bonchev–Trinajstić information content (AvgIpc) is 2.48. The van der Waals surface area contributed by atoms with Crippen molar-refractivity contribution in [2.45, 2.75) is 45.1 Å². The van der Waals surface area contributed by atoms with Crippen LogP contribution in [-0.4, -0.2) is 18.5 Å². The van der Waals surface area contributed by atoms with Gasteiger partial charge in [-0.15, -0.1) is 0 Å². The molecular formula is C16H20F2O2. The Balaban J connectivity index is 1.89. The molecule has 1 atom stereocenters. The minimum absolute atomic E-state index is 0.153. The molecule has 1 aliphatic carbocycles. The van der Waals surface area contributed by atoms with Gasteiger partial charge in [-0.25, -0.2) is 8.78 Å². The summed E-state index contributed by atoms with van der Waals surface area (Å²) in [6.45, 7) is 2.23. The van der Waals surface area contributed by atoms with Crippen molar-refractivity contribution in [3.05, 3.63) is 35.4 Å². The lowest BCUT2D eigenvalue weighted by Crippen LogP contribution is -2.25. The second-order valence-electron chi connectivity index (χ2n) is 5.47. The normalized spacial score (nSPS) is 17.9. The first-order valence-electron chi connectivity index (χ1n) is 7.19. The highest BCUT2D eigenvalue weighted by atomic mass is 19.2. The maximum Gasteiger partial charge on any atom is 0.191 e. The number of Topliss-reactive ketones (excluding diaryl/α,β-unsaturated/α-hetero) is 1. The Kier molecular flexibility index (Phi) is 5.24. The van der Waals surface area contributed by atoms with Crippen molar-refractivity contribution in [2.24, 2.45) is 5.92 Å². The lowest BCUT2D eigenvalue weighted by Gasteiger charge is -2.23. The number of ether oxygens (including phenoxy) is 1. The topological polar surface area (TPSA) is 26.3 Å². The first kappa shape index (κ1) is 15.1. The number of rotatable bonds is 5. The Morgan fingerprint density at radius 2 is 1.95 bits per heavy atom. The van der Waals surface area contributed by atoms with Crippen LogP contribution in [0.4, 0.5) is 8.78 Å². The molecule has 1 saturated carbocycles. The summed E-state index contributed by atoms with van der Waals surface area (Å²) < 4.78 is 31.6. The van der Waals surface area contributed by atoms with Crippen molar-refractivity contribution >= 4 is 5.78 Å². The molecule has 0 heterocycles. The van der Waals surface area contributed by atoms with Crippen LogP contribution in [0.2, 0.25) is 0 Å². The predicted octanol–water partition coefficient (Wildman–Crippen LogP) is 4.13. The van der Waals surface area contributed by atoms with E-state index in [2.05, 4.69) is 0 Å². The summed E-state index contributed by atoms with van der Waals surface area (Å²) in [6, 6.07) is 3.19. The molecule has 0 spiro atoms. The maximum atomic E-state index is 13.1. The van der Waals surface area contributed by atoms with Crippen molar-refractivity contribution in [3.63, 3.8) is 0 Å². The van der Waals surface area contributed by atoms with Gasteiger partial charge in [-0.2, -0.15) is 0 Å². The van der Waals surface area contributed by atoms with Gasteiger partial charge in [0.15, 0.2) is 17.4 Å². The number of carbonyl (C=O) groups excluding carboxylic acids is 1. The number of hydrogen-bond acceptors (Lipinski definition) is 2. The van der Waals surface area contributed by atoms with Crippen LogP contribution < -0.4 is 0 Å². The van der Waals surface area contributed by atoms with Gasteiger partial charge in [0, 0.05) is 5.56 Å². The summed E-state index contributed by atoms with van der Waals surface area (Å²) in [5.74, 6) is -1.74. The summed E-state index contributed by atoms with van der Waals surface area (Å²) in [5, 5.41) is 0. The van der Waals surface area contributed by atoms with Gasteiger partial charge in [-0.1, -0.05) is 19.3 Å². The van der Waals surface area contributed by atoms with Gasteiger partial charge in [0.2, 0.25) is 0 Å². The van der Waals surface area contributed by atoms with Crippen molar-refractivity contribution in [1.29, 1.82) is 0 Å². The molecule has 0 amide bonds. The molecule has 0 N–H and O–H groups in total. The molecule has 1 aliphatic rings. The zero-order chi connectivity index (χ0) is 14.5. The van der Waals surface area contributed by atoms with Gasteiger partial charge < -0.3 is 4.74 Å². The molecule has 1 aromatic rings. The molecule has 0 radical (unpaired) electrons. The highest BCUT2D eigenvalue weighted by molar-refractivity contribution is 5.99. The first-order chi connectivity index (χ1) is 9.58. The number of halogens is 2. The zero-order valence-electron chi connectivity index (χ0n) is 11.7. The summed E-state index contributed by atoms with van der Waals surface area (Å²) in [7, 11) is 0. The van der Waals surface area contributed by atoms with Crippen molar-refractivity contribution in [3.8, 4) is 0 Å². The Morgan fingerprint density at radius 3 is 2.60 bits per heavy atom. The highest BCUT2D eigenvalue weighted by Gasteiger charge is 2.20. The van der Waals surface area contributed by atoms with Crippen LogP contribution in [0.1, 0.15) is 49.4 Å². The van der Waals surface area contributed by atoms with Crippen LogP contribution in [0.25, 0.3) is 0 Å². The molecule has 2 rings (SSSR count). The predicted molar refractivity (Wildman–Crippen MR) is 72.7 cm³/mol. The molecule has 2 nitrogen and oxygen atoms in total. The highest BCUT2D eigenvalue weighted by Crippen LogP contribution is 2.24. The summed E-state index contributed by atoms with van der Waals surface area (Å²) in [4.78, 5) is 12.1. The van der Waals surface area contributed by atoms with E-state index in [-0.39, 0.29) is 11.3 Å². The Hall–Kier alpha value is -1.29. The van der Waals surface area contributed by atoms with Gasteiger partial charge >= 0.3 is 0 Å². The maximum absolute atomic E-state index is 13.1. The van der Waals surface area contributed by atoms with Crippen LogP contribution in [0.3, 0.4) is 0 Å². The molecule has 0 saturated heterocycles. The number of ketones is 1. The standard InChI is InChI=1S/C16H20F2O2/c1-11(20-10-12-5-3-2-4-6-12)16(19)13-7-8-14(17)15(18)9-13/h7-9,11-12H,2-6,10H2,1H3. The molecule has 110 valence electrons. The third-order valence-corrected chi connectivity index (χ3v) is 3.88. The zero-order valence-corrected chi connectivity index (χ0v) is 11.7. The van der Waals surface area contributed by atoms with Gasteiger partial charge in [-0.05, 0) is 43.9 Å². The Morgan fingerprint density at radius 1 is 1.25 bits per heavy atom. The second-order valence-corrected chi connectivity index (χ2v) is 5.47. The van der Waals surface area contributed by atoms with Crippen LogP contribution in [0.15, 0.2) is 18.2 Å². The van der Waals surface area contributed by atoms with Crippen LogP contribution in [-0.2, 0) is 4.74 Å². The lowest BCUT2D eigenvalue weighted by molar-refractivity contribution is 0.0286. The SMILES string of the molecule is CC(OCC1CCCCC1)C(=O)c1ccc(F)c(F)c1. The third kappa shape index (κ3) is 3.85.